The number of rotatable bonds is 6. The molecule has 0 fully saturated rings. The first-order valence-corrected chi connectivity index (χ1v) is 10.0. The lowest BCUT2D eigenvalue weighted by Crippen LogP contribution is -2.26. The molecule has 0 spiro atoms. The van der Waals surface area contributed by atoms with Crippen LogP contribution in [0.3, 0.4) is 0 Å². The zero-order valence-corrected chi connectivity index (χ0v) is 16.8. The number of amides is 1. The summed E-state index contributed by atoms with van der Waals surface area (Å²) in [5, 5.41) is 2.77. The highest BCUT2D eigenvalue weighted by atomic mass is 19.1. The van der Waals surface area contributed by atoms with Crippen LogP contribution in [0.2, 0.25) is 0 Å². The number of nitrogens with zero attached hydrogens (tertiary/aromatic N) is 1. The third kappa shape index (κ3) is 4.10. The average Bonchev–Trinajstić information content (AvgIpc) is 3.09. The third-order valence-electron chi connectivity index (χ3n) is 5.41. The van der Waals surface area contributed by atoms with Gasteiger partial charge in [0.25, 0.3) is 0 Å². The first kappa shape index (κ1) is 19.8. The second-order valence-corrected chi connectivity index (χ2v) is 7.26. The van der Waals surface area contributed by atoms with Crippen LogP contribution >= 0.6 is 0 Å². The van der Waals surface area contributed by atoms with E-state index in [0.717, 1.165) is 5.56 Å². The highest BCUT2D eigenvalue weighted by molar-refractivity contribution is 5.79. The Morgan fingerprint density at radius 1 is 1.10 bits per heavy atom. The van der Waals surface area contributed by atoms with E-state index in [4.69, 9.17) is 4.74 Å². The summed E-state index contributed by atoms with van der Waals surface area (Å²) in [4.78, 5) is 15.8. The minimum atomic E-state index is -0.464. The average molecular weight is 402 g/mol. The number of carbonyl (C=O) groups is 1. The molecule has 0 unspecified atom stereocenters. The van der Waals surface area contributed by atoms with Crippen molar-refractivity contribution in [3.63, 3.8) is 0 Å². The van der Waals surface area contributed by atoms with Crippen molar-refractivity contribution in [3.05, 3.63) is 95.1 Å². The number of alkyl carbamates (subject to hydrolysis) is 1. The number of fused-ring (bicyclic) bond motifs is 3. The summed E-state index contributed by atoms with van der Waals surface area (Å²) in [6, 6.07) is 18.2. The molecular weight excluding hydrogens is 379 g/mol. The van der Waals surface area contributed by atoms with Gasteiger partial charge in [0.2, 0.25) is 5.95 Å². The van der Waals surface area contributed by atoms with E-state index in [-0.39, 0.29) is 5.92 Å². The van der Waals surface area contributed by atoms with Crippen LogP contribution in [0.5, 0.6) is 0 Å². The summed E-state index contributed by atoms with van der Waals surface area (Å²) in [5.41, 5.74) is 6.08. The van der Waals surface area contributed by atoms with Crippen LogP contribution in [0.4, 0.5) is 9.18 Å². The number of hydrogen-bond donors (Lipinski definition) is 1. The van der Waals surface area contributed by atoms with Crippen LogP contribution in [-0.4, -0.2) is 24.2 Å². The van der Waals surface area contributed by atoms with Crippen molar-refractivity contribution in [2.45, 2.75) is 19.3 Å². The minimum absolute atomic E-state index is 0.0487. The second-order valence-electron chi connectivity index (χ2n) is 7.26. The highest BCUT2D eigenvalue weighted by Gasteiger charge is 2.28. The van der Waals surface area contributed by atoms with E-state index in [1.54, 1.807) is 13.0 Å². The van der Waals surface area contributed by atoms with Crippen LogP contribution in [0.15, 0.2) is 66.9 Å². The number of benzene rings is 2. The highest BCUT2D eigenvalue weighted by Crippen LogP contribution is 2.44. The van der Waals surface area contributed by atoms with Gasteiger partial charge in [-0.2, -0.15) is 4.39 Å². The molecule has 3 aromatic rings. The smallest absolute Gasteiger partial charge is 0.407 e. The number of ether oxygens (including phenoxy) is 1. The van der Waals surface area contributed by atoms with Gasteiger partial charge in [-0.05, 0) is 47.2 Å². The molecule has 5 heteroatoms. The van der Waals surface area contributed by atoms with Crippen LogP contribution in [0, 0.1) is 12.9 Å². The standard InChI is InChI=1S/C25H23FN2O2/c1-17-18(13-15-27-24(17)26)8-6-7-14-28-25(29)30-16-23-21-11-4-2-9-19(21)20-10-3-5-12-22(20)23/h2-6,8-13,15,23H,7,14,16H2,1H3,(H,28,29). The Morgan fingerprint density at radius 2 is 1.77 bits per heavy atom. The Balaban J connectivity index is 1.28. The predicted octanol–water partition coefficient (Wildman–Crippen LogP) is 5.47. The molecule has 0 saturated carbocycles. The first-order valence-electron chi connectivity index (χ1n) is 10.0. The van der Waals surface area contributed by atoms with Gasteiger partial charge in [0.15, 0.2) is 0 Å². The van der Waals surface area contributed by atoms with E-state index in [0.29, 0.717) is 25.1 Å². The molecule has 1 amide bonds. The number of pyridine rings is 1. The third-order valence-corrected chi connectivity index (χ3v) is 5.41. The van der Waals surface area contributed by atoms with Gasteiger partial charge in [-0.25, -0.2) is 9.78 Å². The Labute approximate surface area is 175 Å². The fourth-order valence-corrected chi connectivity index (χ4v) is 3.82. The number of hydrogen-bond acceptors (Lipinski definition) is 3. The molecule has 1 aromatic heterocycles. The minimum Gasteiger partial charge on any atom is -0.449 e. The lowest BCUT2D eigenvalue weighted by atomic mass is 9.98. The molecule has 1 N–H and O–H groups in total. The fraction of sp³-hybridized carbons (Fsp3) is 0.200. The van der Waals surface area contributed by atoms with Crippen LogP contribution in [0.25, 0.3) is 17.2 Å². The van der Waals surface area contributed by atoms with Gasteiger partial charge in [-0.3, -0.25) is 0 Å². The van der Waals surface area contributed by atoms with Crippen LogP contribution in [-0.2, 0) is 4.74 Å². The van der Waals surface area contributed by atoms with E-state index in [9.17, 15) is 9.18 Å². The van der Waals surface area contributed by atoms with Gasteiger partial charge in [0.1, 0.15) is 6.61 Å². The molecule has 152 valence electrons. The zero-order valence-electron chi connectivity index (χ0n) is 16.8. The molecule has 1 aliphatic carbocycles. The Morgan fingerprint density at radius 3 is 2.47 bits per heavy atom. The van der Waals surface area contributed by atoms with Crippen molar-refractivity contribution >= 4 is 12.2 Å². The summed E-state index contributed by atoms with van der Waals surface area (Å²) in [6.07, 6.45) is 5.35. The van der Waals surface area contributed by atoms with Gasteiger partial charge in [-0.1, -0.05) is 60.7 Å². The summed E-state index contributed by atoms with van der Waals surface area (Å²) >= 11 is 0. The zero-order chi connectivity index (χ0) is 20.9. The molecule has 0 bridgehead atoms. The molecule has 1 aliphatic rings. The van der Waals surface area contributed by atoms with Gasteiger partial charge < -0.3 is 10.1 Å². The largest absolute Gasteiger partial charge is 0.449 e. The molecule has 0 saturated heterocycles. The van der Waals surface area contributed by atoms with Crippen molar-refractivity contribution < 1.29 is 13.9 Å². The summed E-state index contributed by atoms with van der Waals surface area (Å²) in [6.45, 7) is 2.43. The van der Waals surface area contributed by atoms with Crippen molar-refractivity contribution in [1.29, 1.82) is 0 Å². The van der Waals surface area contributed by atoms with E-state index in [2.05, 4.69) is 34.6 Å². The molecule has 4 nitrogen and oxygen atoms in total. The maximum absolute atomic E-state index is 13.4. The molecule has 2 aromatic carbocycles. The molecule has 4 rings (SSSR count). The van der Waals surface area contributed by atoms with Crippen molar-refractivity contribution in [2.75, 3.05) is 13.2 Å². The SMILES string of the molecule is Cc1c(C=CCCNC(=O)OCC2c3ccccc3-c3ccccc32)ccnc1F. The molecule has 0 aliphatic heterocycles. The van der Waals surface area contributed by atoms with E-state index >= 15 is 0 Å². The van der Waals surface area contributed by atoms with Gasteiger partial charge >= 0.3 is 6.09 Å². The Kier molecular flexibility index (Phi) is 5.89. The van der Waals surface area contributed by atoms with Crippen molar-refractivity contribution in [1.82, 2.24) is 10.3 Å². The lowest BCUT2D eigenvalue weighted by molar-refractivity contribution is 0.143. The normalized spacial score (nSPS) is 12.6. The lowest BCUT2D eigenvalue weighted by Gasteiger charge is -2.14. The maximum Gasteiger partial charge on any atom is 0.407 e. The molecule has 30 heavy (non-hydrogen) atoms. The van der Waals surface area contributed by atoms with E-state index < -0.39 is 12.0 Å². The van der Waals surface area contributed by atoms with Crippen LogP contribution in [0.1, 0.15) is 34.6 Å². The van der Waals surface area contributed by atoms with Gasteiger partial charge in [0, 0.05) is 24.2 Å². The maximum atomic E-state index is 13.4. The molecule has 0 radical (unpaired) electrons. The van der Waals surface area contributed by atoms with Crippen molar-refractivity contribution in [2.24, 2.45) is 0 Å². The predicted molar refractivity (Wildman–Crippen MR) is 116 cm³/mol. The Hall–Kier alpha value is -3.47. The second kappa shape index (κ2) is 8.91. The number of aromatic nitrogens is 1. The molecular formula is C25H23FN2O2. The number of halogens is 1. The molecule has 0 atom stereocenters. The first-order chi connectivity index (χ1) is 14.6. The van der Waals surface area contributed by atoms with Crippen molar-refractivity contribution in [3.8, 4) is 11.1 Å². The summed E-state index contributed by atoms with van der Waals surface area (Å²) in [5.74, 6) is -0.415. The van der Waals surface area contributed by atoms with E-state index in [1.807, 2.05) is 36.4 Å². The van der Waals surface area contributed by atoms with Gasteiger partial charge in [-0.15, -0.1) is 0 Å². The topological polar surface area (TPSA) is 51.2 Å². The quantitative estimate of drug-likeness (QED) is 0.439. The molecule has 1 heterocycles. The number of carbonyl (C=O) groups excluding carboxylic acids is 1. The summed E-state index contributed by atoms with van der Waals surface area (Å²) in [7, 11) is 0. The number of nitrogens with one attached hydrogen (secondary N) is 1. The van der Waals surface area contributed by atoms with Gasteiger partial charge in [0.05, 0.1) is 0 Å². The Bertz CT molecular complexity index is 1050. The van der Waals surface area contributed by atoms with Crippen LogP contribution < -0.4 is 5.32 Å². The summed E-state index contributed by atoms with van der Waals surface area (Å²) < 4.78 is 18.9. The van der Waals surface area contributed by atoms with E-state index in [1.165, 1.54) is 28.5 Å². The monoisotopic (exact) mass is 402 g/mol. The fourth-order valence-electron chi connectivity index (χ4n) is 3.82.